The maximum absolute atomic E-state index is 12.2. The zero-order valence-corrected chi connectivity index (χ0v) is 16.5. The van der Waals surface area contributed by atoms with Gasteiger partial charge in [-0.2, -0.15) is 0 Å². The maximum Gasteiger partial charge on any atom is 0.310 e. The Morgan fingerprint density at radius 3 is 2.17 bits per heavy atom. The van der Waals surface area contributed by atoms with Crippen molar-refractivity contribution in [2.75, 3.05) is 26.8 Å². The Bertz CT molecular complexity index is 839. The van der Waals surface area contributed by atoms with E-state index in [0.717, 1.165) is 16.7 Å². The lowest BCUT2D eigenvalue weighted by atomic mass is 9.97. The maximum atomic E-state index is 12.2. The molecule has 0 unspecified atom stereocenters. The van der Waals surface area contributed by atoms with Gasteiger partial charge in [0.15, 0.2) is 6.61 Å². The molecule has 0 saturated carbocycles. The van der Waals surface area contributed by atoms with Crippen LogP contribution in [-0.2, 0) is 30.3 Å². The van der Waals surface area contributed by atoms with Crippen LogP contribution in [0.4, 0.5) is 0 Å². The highest BCUT2D eigenvalue weighted by atomic mass is 16.5. The van der Waals surface area contributed by atoms with E-state index >= 15 is 0 Å². The van der Waals surface area contributed by atoms with Crippen LogP contribution < -0.4 is 0 Å². The molecular weight excluding hydrogens is 370 g/mol. The number of methoxy groups -OCH3 is 1. The summed E-state index contributed by atoms with van der Waals surface area (Å²) in [5.41, 5.74) is 3.03. The number of hydrogen-bond acceptors (Lipinski definition) is 5. The molecule has 0 aliphatic carbocycles. The fraction of sp³-hybridized carbons (Fsp3) is 0.348. The van der Waals surface area contributed by atoms with Crippen molar-refractivity contribution in [1.29, 1.82) is 0 Å². The minimum Gasteiger partial charge on any atom is -0.469 e. The molecule has 0 N–H and O–H groups in total. The summed E-state index contributed by atoms with van der Waals surface area (Å²) in [7, 11) is 1.37. The molecule has 6 nitrogen and oxygen atoms in total. The van der Waals surface area contributed by atoms with Crippen LogP contribution in [0.1, 0.15) is 18.4 Å². The van der Waals surface area contributed by atoms with Crippen molar-refractivity contribution in [3.05, 3.63) is 60.2 Å². The molecular formula is C23H25NO5. The first kappa shape index (κ1) is 20.6. The summed E-state index contributed by atoms with van der Waals surface area (Å²) in [5.74, 6) is -1.07. The average molecular weight is 395 g/mol. The molecule has 1 aliphatic heterocycles. The highest BCUT2D eigenvalue weighted by Crippen LogP contribution is 2.20. The summed E-state index contributed by atoms with van der Waals surface area (Å²) in [6.07, 6.45) is 1.26. The predicted molar refractivity (Wildman–Crippen MR) is 108 cm³/mol. The molecule has 1 aliphatic rings. The number of hydrogen-bond donors (Lipinski definition) is 0. The van der Waals surface area contributed by atoms with Gasteiger partial charge in [-0.15, -0.1) is 0 Å². The first-order valence-corrected chi connectivity index (χ1v) is 9.72. The number of benzene rings is 2. The van der Waals surface area contributed by atoms with Crippen molar-refractivity contribution >= 4 is 17.8 Å². The van der Waals surface area contributed by atoms with E-state index in [9.17, 15) is 14.4 Å². The Morgan fingerprint density at radius 2 is 1.55 bits per heavy atom. The van der Waals surface area contributed by atoms with Crippen molar-refractivity contribution in [3.8, 4) is 11.1 Å². The Labute approximate surface area is 170 Å². The van der Waals surface area contributed by atoms with E-state index in [4.69, 9.17) is 9.47 Å². The average Bonchev–Trinajstić information content (AvgIpc) is 2.78. The third-order valence-corrected chi connectivity index (χ3v) is 5.15. The van der Waals surface area contributed by atoms with Crippen LogP contribution >= 0.6 is 0 Å². The minimum atomic E-state index is -0.435. The highest BCUT2D eigenvalue weighted by Gasteiger charge is 2.28. The Morgan fingerprint density at radius 1 is 0.931 bits per heavy atom. The van der Waals surface area contributed by atoms with Crippen molar-refractivity contribution in [1.82, 2.24) is 4.90 Å². The molecule has 3 rings (SSSR count). The summed E-state index contributed by atoms with van der Waals surface area (Å²) < 4.78 is 9.89. The molecule has 2 aromatic rings. The summed E-state index contributed by atoms with van der Waals surface area (Å²) in [4.78, 5) is 37.5. The SMILES string of the molecule is COC(=O)C1CCN(C(=O)COC(=O)Cc2ccc(-c3ccccc3)cc2)CC1. The number of carbonyl (C=O) groups is 3. The van der Waals surface area contributed by atoms with E-state index in [1.807, 2.05) is 54.6 Å². The van der Waals surface area contributed by atoms with Crippen molar-refractivity contribution in [2.24, 2.45) is 5.92 Å². The van der Waals surface area contributed by atoms with E-state index < -0.39 is 5.97 Å². The predicted octanol–water partition coefficient (Wildman–Crippen LogP) is 2.85. The van der Waals surface area contributed by atoms with E-state index in [1.165, 1.54) is 7.11 Å². The van der Waals surface area contributed by atoms with E-state index in [-0.39, 0.29) is 30.8 Å². The lowest BCUT2D eigenvalue weighted by Gasteiger charge is -2.30. The van der Waals surface area contributed by atoms with Gasteiger partial charge in [0.05, 0.1) is 19.4 Å². The standard InChI is InChI=1S/C23H25NO5/c1-28-23(27)20-11-13-24(14-12-20)21(25)16-29-22(26)15-17-7-9-19(10-8-17)18-5-3-2-4-6-18/h2-10,20H,11-16H2,1H3. The molecule has 0 spiro atoms. The zero-order valence-electron chi connectivity index (χ0n) is 16.5. The van der Waals surface area contributed by atoms with Crippen LogP contribution in [0.2, 0.25) is 0 Å². The smallest absolute Gasteiger partial charge is 0.310 e. The fourth-order valence-corrected chi connectivity index (χ4v) is 3.43. The van der Waals surface area contributed by atoms with Crippen molar-refractivity contribution in [2.45, 2.75) is 19.3 Å². The number of rotatable bonds is 6. The van der Waals surface area contributed by atoms with Gasteiger partial charge >= 0.3 is 11.9 Å². The summed E-state index contributed by atoms with van der Waals surface area (Å²) in [6.45, 7) is 0.665. The number of ether oxygens (including phenoxy) is 2. The van der Waals surface area contributed by atoms with Gasteiger partial charge in [-0.3, -0.25) is 14.4 Å². The second-order valence-electron chi connectivity index (χ2n) is 7.08. The molecule has 2 aromatic carbocycles. The quantitative estimate of drug-likeness (QED) is 0.704. The summed E-state index contributed by atoms with van der Waals surface area (Å²) in [5, 5.41) is 0. The van der Waals surface area contributed by atoms with E-state index in [2.05, 4.69) is 0 Å². The number of esters is 2. The van der Waals surface area contributed by atoms with Gasteiger partial charge in [0.1, 0.15) is 0 Å². The zero-order chi connectivity index (χ0) is 20.6. The van der Waals surface area contributed by atoms with Gasteiger partial charge in [0.25, 0.3) is 5.91 Å². The number of amides is 1. The second-order valence-corrected chi connectivity index (χ2v) is 7.08. The third kappa shape index (κ3) is 5.67. The molecule has 1 fully saturated rings. The number of likely N-dealkylation sites (tertiary alicyclic amines) is 1. The topological polar surface area (TPSA) is 72.9 Å². The number of nitrogens with zero attached hydrogens (tertiary/aromatic N) is 1. The molecule has 0 aromatic heterocycles. The summed E-state index contributed by atoms with van der Waals surface area (Å²) >= 11 is 0. The van der Waals surface area contributed by atoms with Crippen molar-refractivity contribution in [3.63, 3.8) is 0 Å². The van der Waals surface area contributed by atoms with Crippen LogP contribution in [0.5, 0.6) is 0 Å². The van der Waals surface area contributed by atoms with Crippen LogP contribution in [0.25, 0.3) is 11.1 Å². The van der Waals surface area contributed by atoms with Gasteiger partial charge < -0.3 is 14.4 Å². The van der Waals surface area contributed by atoms with Gasteiger partial charge in [0.2, 0.25) is 0 Å². The molecule has 0 radical (unpaired) electrons. The van der Waals surface area contributed by atoms with Crippen LogP contribution in [0.15, 0.2) is 54.6 Å². The third-order valence-electron chi connectivity index (χ3n) is 5.15. The Balaban J connectivity index is 1.43. The first-order valence-electron chi connectivity index (χ1n) is 9.72. The van der Waals surface area contributed by atoms with Gasteiger partial charge in [-0.05, 0) is 29.5 Å². The van der Waals surface area contributed by atoms with Gasteiger partial charge in [-0.1, -0.05) is 54.6 Å². The van der Waals surface area contributed by atoms with E-state index in [1.54, 1.807) is 4.90 Å². The summed E-state index contributed by atoms with van der Waals surface area (Å²) in [6, 6.07) is 17.7. The lowest BCUT2D eigenvalue weighted by molar-refractivity contribution is -0.153. The van der Waals surface area contributed by atoms with E-state index in [0.29, 0.717) is 25.9 Å². The van der Waals surface area contributed by atoms with Gasteiger partial charge in [-0.25, -0.2) is 0 Å². The lowest BCUT2D eigenvalue weighted by Crippen LogP contribution is -2.42. The van der Waals surface area contributed by atoms with Crippen LogP contribution in [0, 0.1) is 5.92 Å². The number of carbonyl (C=O) groups excluding carboxylic acids is 3. The molecule has 1 saturated heterocycles. The Hall–Kier alpha value is -3.15. The van der Waals surface area contributed by atoms with Crippen LogP contribution in [-0.4, -0.2) is 49.6 Å². The second kappa shape index (κ2) is 9.87. The molecule has 29 heavy (non-hydrogen) atoms. The van der Waals surface area contributed by atoms with Gasteiger partial charge in [0, 0.05) is 13.1 Å². The normalized spacial score (nSPS) is 14.3. The minimum absolute atomic E-state index is 0.118. The Kier molecular flexibility index (Phi) is 7.00. The molecule has 0 atom stereocenters. The van der Waals surface area contributed by atoms with Crippen molar-refractivity contribution < 1.29 is 23.9 Å². The fourth-order valence-electron chi connectivity index (χ4n) is 3.43. The molecule has 1 amide bonds. The molecule has 0 bridgehead atoms. The first-order chi connectivity index (χ1) is 14.1. The monoisotopic (exact) mass is 395 g/mol. The number of piperidine rings is 1. The molecule has 152 valence electrons. The molecule has 6 heteroatoms. The largest absolute Gasteiger partial charge is 0.469 e. The molecule has 1 heterocycles. The highest BCUT2D eigenvalue weighted by molar-refractivity contribution is 5.82. The van der Waals surface area contributed by atoms with Crippen LogP contribution in [0.3, 0.4) is 0 Å².